The molecule has 2 nitrogen and oxygen atoms in total. The summed E-state index contributed by atoms with van der Waals surface area (Å²) in [5.74, 6) is 1.81. The van der Waals surface area contributed by atoms with Crippen LogP contribution < -0.4 is 9.47 Å². The normalized spacial score (nSPS) is 10.6. The minimum atomic E-state index is -4.36. The van der Waals surface area contributed by atoms with E-state index < -0.39 is 11.7 Å². The number of hydrogen-bond acceptors (Lipinski definition) is 2. The first-order valence-corrected chi connectivity index (χ1v) is 9.04. The Morgan fingerprint density at radius 1 is 0.750 bits per heavy atom. The molecule has 5 heteroatoms. The number of benzene rings is 3. The highest BCUT2D eigenvalue weighted by Gasteiger charge is 2.30. The van der Waals surface area contributed by atoms with Gasteiger partial charge in [-0.1, -0.05) is 49.7 Å². The van der Waals surface area contributed by atoms with Crippen molar-refractivity contribution in [1.82, 2.24) is 0 Å². The van der Waals surface area contributed by atoms with Gasteiger partial charge in [0.1, 0.15) is 23.9 Å². The van der Waals surface area contributed by atoms with Gasteiger partial charge in [0, 0.05) is 6.07 Å². The quantitative estimate of drug-likeness (QED) is 0.453. The summed E-state index contributed by atoms with van der Waals surface area (Å²) in [6.45, 7) is 6.03. The zero-order valence-electron chi connectivity index (χ0n) is 16.1. The molecular formula is C23H23F3O2. The SMILES string of the molecule is CC.Cc1ccc(Oc2cccc(OCc3cccc(C(F)(F)F)c3)c2)cc1. The van der Waals surface area contributed by atoms with Crippen molar-refractivity contribution in [3.63, 3.8) is 0 Å². The molecule has 0 saturated heterocycles. The maximum atomic E-state index is 12.8. The van der Waals surface area contributed by atoms with Crippen LogP contribution in [-0.4, -0.2) is 0 Å². The van der Waals surface area contributed by atoms with Crippen molar-refractivity contribution in [1.29, 1.82) is 0 Å². The predicted molar refractivity (Wildman–Crippen MR) is 105 cm³/mol. The van der Waals surface area contributed by atoms with Gasteiger partial charge < -0.3 is 9.47 Å². The molecular weight excluding hydrogens is 365 g/mol. The Kier molecular flexibility index (Phi) is 7.50. The lowest BCUT2D eigenvalue weighted by atomic mass is 10.1. The summed E-state index contributed by atoms with van der Waals surface area (Å²) >= 11 is 0. The van der Waals surface area contributed by atoms with E-state index in [1.807, 2.05) is 45.0 Å². The minimum absolute atomic E-state index is 0.0396. The van der Waals surface area contributed by atoms with E-state index in [0.29, 0.717) is 22.8 Å². The third-order valence-corrected chi connectivity index (χ3v) is 3.72. The second-order valence-electron chi connectivity index (χ2n) is 5.88. The number of aryl methyl sites for hydroxylation is 1. The van der Waals surface area contributed by atoms with Crippen LogP contribution in [0.5, 0.6) is 17.2 Å². The molecule has 0 aliphatic carbocycles. The topological polar surface area (TPSA) is 18.5 Å². The first kappa shape index (κ1) is 21.4. The standard InChI is InChI=1S/C21H17F3O2.C2H6/c1-15-8-10-18(11-9-15)26-20-7-3-6-19(13-20)25-14-16-4-2-5-17(12-16)21(22,23)24;1-2/h2-13H,14H2,1H3;1-2H3. The van der Waals surface area contributed by atoms with Crippen molar-refractivity contribution in [2.45, 2.75) is 33.6 Å². The average Bonchev–Trinajstić information content (AvgIpc) is 2.70. The lowest BCUT2D eigenvalue weighted by Crippen LogP contribution is -2.06. The van der Waals surface area contributed by atoms with Crippen molar-refractivity contribution in [3.05, 3.63) is 89.5 Å². The van der Waals surface area contributed by atoms with Crippen LogP contribution in [0.4, 0.5) is 13.2 Å². The van der Waals surface area contributed by atoms with Gasteiger partial charge in [0.05, 0.1) is 5.56 Å². The summed E-state index contributed by atoms with van der Waals surface area (Å²) < 4.78 is 49.6. The van der Waals surface area contributed by atoms with E-state index in [1.165, 1.54) is 6.07 Å². The van der Waals surface area contributed by atoms with E-state index in [1.54, 1.807) is 30.3 Å². The molecule has 0 aliphatic rings. The number of rotatable bonds is 5. The molecule has 148 valence electrons. The number of alkyl halides is 3. The molecule has 0 amide bonds. The molecule has 0 N–H and O–H groups in total. The first-order chi connectivity index (χ1) is 13.4. The largest absolute Gasteiger partial charge is 0.489 e. The van der Waals surface area contributed by atoms with Crippen molar-refractivity contribution in [2.75, 3.05) is 0 Å². The molecule has 3 aromatic carbocycles. The van der Waals surface area contributed by atoms with E-state index in [0.717, 1.165) is 17.7 Å². The second-order valence-corrected chi connectivity index (χ2v) is 5.88. The third-order valence-electron chi connectivity index (χ3n) is 3.72. The fraction of sp³-hybridized carbons (Fsp3) is 0.217. The zero-order valence-corrected chi connectivity index (χ0v) is 16.1. The smallest absolute Gasteiger partial charge is 0.416 e. The van der Waals surface area contributed by atoms with Gasteiger partial charge in [0.2, 0.25) is 0 Å². The molecule has 0 heterocycles. The predicted octanol–water partition coefficient (Wildman–Crippen LogP) is 7.41. The molecule has 28 heavy (non-hydrogen) atoms. The lowest BCUT2D eigenvalue weighted by Gasteiger charge is -2.11. The maximum absolute atomic E-state index is 12.8. The summed E-state index contributed by atoms with van der Waals surface area (Å²) in [7, 11) is 0. The fourth-order valence-electron chi connectivity index (χ4n) is 2.37. The van der Waals surface area contributed by atoms with Crippen LogP contribution in [0.1, 0.15) is 30.5 Å². The molecule has 0 fully saturated rings. The van der Waals surface area contributed by atoms with Gasteiger partial charge >= 0.3 is 6.18 Å². The Balaban J connectivity index is 0.00000136. The molecule has 0 aromatic heterocycles. The zero-order chi connectivity index (χ0) is 20.6. The van der Waals surface area contributed by atoms with E-state index in [4.69, 9.17) is 9.47 Å². The summed E-state index contributed by atoms with van der Waals surface area (Å²) in [6, 6.07) is 19.7. The van der Waals surface area contributed by atoms with Crippen LogP contribution in [0, 0.1) is 6.92 Å². The molecule has 0 radical (unpaired) electrons. The summed E-state index contributed by atoms with van der Waals surface area (Å²) in [5.41, 5.74) is 0.898. The van der Waals surface area contributed by atoms with Crippen molar-refractivity contribution in [3.8, 4) is 17.2 Å². The average molecular weight is 388 g/mol. The fourth-order valence-corrected chi connectivity index (χ4v) is 2.37. The second kappa shape index (κ2) is 9.83. The first-order valence-electron chi connectivity index (χ1n) is 9.04. The van der Waals surface area contributed by atoms with Gasteiger partial charge in [-0.3, -0.25) is 0 Å². The number of hydrogen-bond donors (Lipinski definition) is 0. The Morgan fingerprint density at radius 2 is 1.39 bits per heavy atom. The molecule has 0 spiro atoms. The monoisotopic (exact) mass is 388 g/mol. The number of ether oxygens (including phenoxy) is 2. The van der Waals surface area contributed by atoms with Crippen LogP contribution in [0.2, 0.25) is 0 Å². The van der Waals surface area contributed by atoms with Gasteiger partial charge in [-0.05, 0) is 48.9 Å². The third kappa shape index (κ3) is 6.34. The van der Waals surface area contributed by atoms with E-state index in [-0.39, 0.29) is 6.61 Å². The Hall–Kier alpha value is -2.95. The van der Waals surface area contributed by atoms with Crippen LogP contribution in [0.3, 0.4) is 0 Å². The molecule has 0 saturated carbocycles. The highest BCUT2D eigenvalue weighted by atomic mass is 19.4. The van der Waals surface area contributed by atoms with E-state index >= 15 is 0 Å². The molecule has 3 rings (SSSR count). The van der Waals surface area contributed by atoms with E-state index in [9.17, 15) is 13.2 Å². The van der Waals surface area contributed by atoms with Crippen molar-refractivity contribution >= 4 is 0 Å². The van der Waals surface area contributed by atoms with E-state index in [2.05, 4.69) is 0 Å². The Bertz CT molecular complexity index is 872. The van der Waals surface area contributed by atoms with Gasteiger partial charge in [0.15, 0.2) is 0 Å². The van der Waals surface area contributed by atoms with Crippen LogP contribution in [0.15, 0.2) is 72.8 Å². The molecule has 0 aliphatic heterocycles. The van der Waals surface area contributed by atoms with Gasteiger partial charge in [-0.15, -0.1) is 0 Å². The highest BCUT2D eigenvalue weighted by Crippen LogP contribution is 2.30. The minimum Gasteiger partial charge on any atom is -0.489 e. The highest BCUT2D eigenvalue weighted by molar-refractivity contribution is 5.37. The molecule has 3 aromatic rings. The molecule has 0 bridgehead atoms. The maximum Gasteiger partial charge on any atom is 0.416 e. The van der Waals surface area contributed by atoms with Crippen LogP contribution >= 0.6 is 0 Å². The summed E-state index contributed by atoms with van der Waals surface area (Å²) in [6.07, 6.45) is -4.36. The van der Waals surface area contributed by atoms with Crippen molar-refractivity contribution < 1.29 is 22.6 Å². The van der Waals surface area contributed by atoms with Crippen LogP contribution in [-0.2, 0) is 12.8 Å². The number of halogens is 3. The lowest BCUT2D eigenvalue weighted by molar-refractivity contribution is -0.137. The Morgan fingerprint density at radius 3 is 2.07 bits per heavy atom. The summed E-state index contributed by atoms with van der Waals surface area (Å²) in [4.78, 5) is 0. The Labute approximate surface area is 163 Å². The van der Waals surface area contributed by atoms with Gasteiger partial charge in [-0.25, -0.2) is 0 Å². The molecule has 0 unspecified atom stereocenters. The van der Waals surface area contributed by atoms with Crippen molar-refractivity contribution in [2.24, 2.45) is 0 Å². The summed E-state index contributed by atoms with van der Waals surface area (Å²) in [5, 5.41) is 0. The van der Waals surface area contributed by atoms with Gasteiger partial charge in [0.25, 0.3) is 0 Å². The van der Waals surface area contributed by atoms with Crippen LogP contribution in [0.25, 0.3) is 0 Å². The molecule has 0 atom stereocenters. The van der Waals surface area contributed by atoms with Gasteiger partial charge in [-0.2, -0.15) is 13.2 Å².